The van der Waals surface area contributed by atoms with E-state index in [1.165, 1.54) is 24.4 Å². The van der Waals surface area contributed by atoms with Gasteiger partial charge in [0, 0.05) is 12.5 Å². The number of nitrogens with zero attached hydrogens (tertiary/aromatic N) is 3. The highest BCUT2D eigenvalue weighted by Crippen LogP contribution is 2.32. The van der Waals surface area contributed by atoms with Crippen molar-refractivity contribution in [3.05, 3.63) is 52.3 Å². The summed E-state index contributed by atoms with van der Waals surface area (Å²) in [5, 5.41) is 21.5. The first-order valence-electron chi connectivity index (χ1n) is 5.87. The van der Waals surface area contributed by atoms with Gasteiger partial charge >= 0.3 is 5.69 Å². The van der Waals surface area contributed by atoms with Gasteiger partial charge in [0.05, 0.1) is 17.2 Å². The summed E-state index contributed by atoms with van der Waals surface area (Å²) in [7, 11) is -3.69. The molecule has 1 aromatic heterocycles. The lowest BCUT2D eigenvalue weighted by atomic mass is 10.2. The SMILES string of the molecule is CS(=O)(=O)c1cccc(NCc2cccnn2)c1[N+](=O)[O-]. The van der Waals surface area contributed by atoms with Crippen molar-refractivity contribution in [1.29, 1.82) is 0 Å². The van der Waals surface area contributed by atoms with E-state index in [9.17, 15) is 18.5 Å². The molecule has 21 heavy (non-hydrogen) atoms. The number of rotatable bonds is 5. The molecule has 2 aromatic rings. The van der Waals surface area contributed by atoms with Crippen molar-refractivity contribution >= 4 is 21.2 Å². The highest BCUT2D eigenvalue weighted by molar-refractivity contribution is 7.90. The Morgan fingerprint density at radius 3 is 2.62 bits per heavy atom. The molecule has 8 nitrogen and oxygen atoms in total. The Kier molecular flexibility index (Phi) is 4.13. The van der Waals surface area contributed by atoms with E-state index in [1.807, 2.05) is 0 Å². The molecule has 0 saturated carbocycles. The second kappa shape index (κ2) is 5.83. The molecule has 0 aliphatic carbocycles. The van der Waals surface area contributed by atoms with Crippen LogP contribution >= 0.6 is 0 Å². The fourth-order valence-corrected chi connectivity index (χ4v) is 2.63. The molecule has 0 bridgehead atoms. The zero-order chi connectivity index (χ0) is 15.5. The molecule has 0 radical (unpaired) electrons. The van der Waals surface area contributed by atoms with Gasteiger partial charge in [0.2, 0.25) is 0 Å². The molecule has 0 unspecified atom stereocenters. The summed E-state index contributed by atoms with van der Waals surface area (Å²) in [6, 6.07) is 7.49. The van der Waals surface area contributed by atoms with Crippen LogP contribution in [0.2, 0.25) is 0 Å². The fraction of sp³-hybridized carbons (Fsp3) is 0.167. The highest BCUT2D eigenvalue weighted by atomic mass is 32.2. The van der Waals surface area contributed by atoms with E-state index in [-0.39, 0.29) is 17.1 Å². The largest absolute Gasteiger partial charge is 0.374 e. The third kappa shape index (κ3) is 3.51. The lowest BCUT2D eigenvalue weighted by Gasteiger charge is -2.08. The van der Waals surface area contributed by atoms with Crippen LogP contribution in [0.25, 0.3) is 0 Å². The van der Waals surface area contributed by atoms with Crippen LogP contribution < -0.4 is 5.32 Å². The number of nitro benzene ring substituents is 1. The number of aromatic nitrogens is 2. The van der Waals surface area contributed by atoms with Crippen LogP contribution in [-0.4, -0.2) is 29.8 Å². The maximum Gasteiger partial charge on any atom is 0.310 e. The minimum atomic E-state index is -3.69. The molecule has 1 N–H and O–H groups in total. The summed E-state index contributed by atoms with van der Waals surface area (Å²) in [6.07, 6.45) is 2.44. The fourth-order valence-electron chi connectivity index (χ4n) is 1.77. The smallest absolute Gasteiger partial charge is 0.310 e. The molecule has 2 rings (SSSR count). The van der Waals surface area contributed by atoms with Crippen LogP contribution in [0, 0.1) is 10.1 Å². The van der Waals surface area contributed by atoms with Crippen molar-refractivity contribution in [2.75, 3.05) is 11.6 Å². The Morgan fingerprint density at radius 1 is 1.29 bits per heavy atom. The van der Waals surface area contributed by atoms with Gasteiger partial charge in [-0.05, 0) is 24.3 Å². The van der Waals surface area contributed by atoms with Crippen molar-refractivity contribution in [2.24, 2.45) is 0 Å². The van der Waals surface area contributed by atoms with Gasteiger partial charge < -0.3 is 5.32 Å². The molecule has 0 fully saturated rings. The number of anilines is 1. The van der Waals surface area contributed by atoms with Crippen molar-refractivity contribution in [3.8, 4) is 0 Å². The lowest BCUT2D eigenvalue weighted by Crippen LogP contribution is -2.08. The predicted molar refractivity (Wildman–Crippen MR) is 75.6 cm³/mol. The van der Waals surface area contributed by atoms with E-state index < -0.39 is 20.4 Å². The van der Waals surface area contributed by atoms with Crippen molar-refractivity contribution < 1.29 is 13.3 Å². The van der Waals surface area contributed by atoms with Crippen LogP contribution in [0.15, 0.2) is 41.4 Å². The molecule has 0 spiro atoms. The van der Waals surface area contributed by atoms with E-state index in [2.05, 4.69) is 15.5 Å². The molecule has 0 aliphatic rings. The summed E-state index contributed by atoms with van der Waals surface area (Å²) in [6.45, 7) is 0.196. The van der Waals surface area contributed by atoms with Gasteiger partial charge in [0.25, 0.3) is 0 Å². The van der Waals surface area contributed by atoms with Gasteiger partial charge in [-0.3, -0.25) is 10.1 Å². The minimum absolute atomic E-state index is 0.119. The number of nitrogens with one attached hydrogen (secondary N) is 1. The normalized spacial score (nSPS) is 11.1. The number of para-hydroxylation sites is 1. The first-order valence-corrected chi connectivity index (χ1v) is 7.76. The molecule has 0 aliphatic heterocycles. The number of sulfone groups is 1. The summed E-state index contributed by atoms with van der Waals surface area (Å²) < 4.78 is 23.3. The Balaban J connectivity index is 2.38. The maximum atomic E-state index is 11.6. The highest BCUT2D eigenvalue weighted by Gasteiger charge is 2.25. The van der Waals surface area contributed by atoms with Crippen LogP contribution in [-0.2, 0) is 16.4 Å². The molecule has 0 saturated heterocycles. The summed E-state index contributed by atoms with van der Waals surface area (Å²) in [5.74, 6) is 0. The third-order valence-corrected chi connectivity index (χ3v) is 3.80. The van der Waals surface area contributed by atoms with E-state index >= 15 is 0 Å². The molecule has 1 aromatic carbocycles. The van der Waals surface area contributed by atoms with Crippen LogP contribution in [0.4, 0.5) is 11.4 Å². The number of benzene rings is 1. The summed E-state index contributed by atoms with van der Waals surface area (Å²) >= 11 is 0. The van der Waals surface area contributed by atoms with E-state index in [4.69, 9.17) is 0 Å². The van der Waals surface area contributed by atoms with Gasteiger partial charge in [-0.25, -0.2) is 8.42 Å². The second-order valence-electron chi connectivity index (χ2n) is 4.25. The minimum Gasteiger partial charge on any atom is -0.374 e. The first-order chi connectivity index (χ1) is 9.89. The van der Waals surface area contributed by atoms with Crippen LogP contribution in [0.3, 0.4) is 0 Å². The molecular weight excluding hydrogens is 296 g/mol. The Hall–Kier alpha value is -2.55. The number of hydrogen-bond donors (Lipinski definition) is 1. The third-order valence-electron chi connectivity index (χ3n) is 2.67. The molecule has 0 amide bonds. The summed E-state index contributed by atoms with van der Waals surface area (Å²) in [4.78, 5) is 10.1. The molecule has 1 heterocycles. The van der Waals surface area contributed by atoms with Crippen LogP contribution in [0.1, 0.15) is 5.69 Å². The van der Waals surface area contributed by atoms with Gasteiger partial charge in [-0.2, -0.15) is 10.2 Å². The van der Waals surface area contributed by atoms with E-state index in [1.54, 1.807) is 12.1 Å². The van der Waals surface area contributed by atoms with Gasteiger partial charge in [-0.15, -0.1) is 0 Å². The average Bonchev–Trinajstić information content (AvgIpc) is 2.44. The molecule has 0 atom stereocenters. The first kappa shape index (κ1) is 14.9. The Labute approximate surface area is 120 Å². The van der Waals surface area contributed by atoms with Gasteiger partial charge in [0.15, 0.2) is 9.84 Å². The van der Waals surface area contributed by atoms with Crippen molar-refractivity contribution in [3.63, 3.8) is 0 Å². The monoisotopic (exact) mass is 308 g/mol. The molecule has 9 heteroatoms. The molecular formula is C12H12N4O4S. The number of nitro groups is 1. The van der Waals surface area contributed by atoms with E-state index in [0.717, 1.165) is 6.26 Å². The molecule has 110 valence electrons. The van der Waals surface area contributed by atoms with Crippen molar-refractivity contribution in [1.82, 2.24) is 10.2 Å². The standard InChI is InChI=1S/C12H12N4O4S/c1-21(19,20)11-6-2-5-10(12(11)16(17)18)13-8-9-4-3-7-14-15-9/h2-7,13H,8H2,1H3. The zero-order valence-electron chi connectivity index (χ0n) is 11.1. The quantitative estimate of drug-likeness (QED) is 0.655. The van der Waals surface area contributed by atoms with E-state index in [0.29, 0.717) is 5.69 Å². The number of hydrogen-bond acceptors (Lipinski definition) is 7. The maximum absolute atomic E-state index is 11.6. The van der Waals surface area contributed by atoms with Crippen LogP contribution in [0.5, 0.6) is 0 Å². The van der Waals surface area contributed by atoms with Crippen molar-refractivity contribution in [2.45, 2.75) is 11.4 Å². The lowest BCUT2D eigenvalue weighted by molar-refractivity contribution is -0.386. The zero-order valence-corrected chi connectivity index (χ0v) is 11.9. The predicted octanol–water partition coefficient (Wildman–Crippen LogP) is 1.40. The average molecular weight is 308 g/mol. The van der Waals surface area contributed by atoms with Gasteiger partial charge in [0.1, 0.15) is 10.6 Å². The van der Waals surface area contributed by atoms with Gasteiger partial charge in [-0.1, -0.05) is 6.07 Å². The Bertz CT molecular complexity index is 762. The topological polar surface area (TPSA) is 115 Å². The summed E-state index contributed by atoms with van der Waals surface area (Å²) in [5.41, 5.74) is 0.231. The Morgan fingerprint density at radius 2 is 2.05 bits per heavy atom. The second-order valence-corrected chi connectivity index (χ2v) is 6.23.